The van der Waals surface area contributed by atoms with Gasteiger partial charge in [0.25, 0.3) is 0 Å². The lowest BCUT2D eigenvalue weighted by molar-refractivity contribution is 0.0745. The quantitative estimate of drug-likeness (QED) is 0.771. The second kappa shape index (κ2) is 6.55. The number of rotatable bonds is 5. The Morgan fingerprint density at radius 1 is 1.32 bits per heavy atom. The molecule has 1 fully saturated rings. The van der Waals surface area contributed by atoms with Gasteiger partial charge >= 0.3 is 0 Å². The van der Waals surface area contributed by atoms with Crippen molar-refractivity contribution >= 4 is 15.6 Å². The van der Waals surface area contributed by atoms with Crippen LogP contribution in [-0.2, 0) is 0 Å². The standard InChI is InChI=1S/C16H27NOSi/c1-13(2)11-16(8-4-3-5-9-16)12-18-14-7-6-10-17-15(14)19/h6-7,10,13H,3-5,8-9,11-12H2,1-2,19H3. The highest BCUT2D eigenvalue weighted by molar-refractivity contribution is 6.32. The Labute approximate surface area is 120 Å². The molecule has 1 saturated carbocycles. The maximum atomic E-state index is 6.15. The summed E-state index contributed by atoms with van der Waals surface area (Å²) in [5, 5.41) is 1.14. The minimum atomic E-state index is 0.413. The molecule has 0 unspecified atom stereocenters. The Kier molecular flexibility index (Phi) is 5.03. The summed E-state index contributed by atoms with van der Waals surface area (Å²) in [5.41, 5.74) is 0.413. The Morgan fingerprint density at radius 2 is 2.05 bits per heavy atom. The molecule has 0 aliphatic heterocycles. The van der Waals surface area contributed by atoms with E-state index in [0.717, 1.165) is 33.8 Å². The number of hydrogen-bond donors (Lipinski definition) is 0. The summed E-state index contributed by atoms with van der Waals surface area (Å²) < 4.78 is 6.15. The lowest BCUT2D eigenvalue weighted by atomic mass is 9.70. The molecule has 2 rings (SSSR count). The van der Waals surface area contributed by atoms with E-state index in [-0.39, 0.29) is 0 Å². The molecule has 0 radical (unpaired) electrons. The second-order valence-corrected chi connectivity index (χ2v) is 7.48. The van der Waals surface area contributed by atoms with Crippen LogP contribution >= 0.6 is 0 Å². The van der Waals surface area contributed by atoms with Crippen molar-refractivity contribution in [2.45, 2.75) is 52.4 Å². The number of hydrogen-bond acceptors (Lipinski definition) is 2. The van der Waals surface area contributed by atoms with Crippen LogP contribution in [-0.4, -0.2) is 21.8 Å². The SMILES string of the molecule is CC(C)CC1(COc2cccnc2[SiH3])CCCCC1. The van der Waals surface area contributed by atoms with Crippen molar-refractivity contribution in [3.8, 4) is 5.75 Å². The molecule has 0 amide bonds. The topological polar surface area (TPSA) is 22.1 Å². The van der Waals surface area contributed by atoms with Crippen LogP contribution in [0.1, 0.15) is 52.4 Å². The van der Waals surface area contributed by atoms with E-state index in [9.17, 15) is 0 Å². The minimum absolute atomic E-state index is 0.413. The van der Waals surface area contributed by atoms with Crippen LogP contribution in [0.2, 0.25) is 0 Å². The highest BCUT2D eigenvalue weighted by Crippen LogP contribution is 2.41. The Hall–Kier alpha value is -0.833. The number of nitrogens with zero attached hydrogens (tertiary/aromatic N) is 1. The smallest absolute Gasteiger partial charge is 0.135 e. The molecular weight excluding hydrogens is 250 g/mol. The first-order valence-corrected chi connectivity index (χ1v) is 8.66. The molecule has 106 valence electrons. The fourth-order valence-electron chi connectivity index (χ4n) is 3.43. The van der Waals surface area contributed by atoms with Crippen LogP contribution in [0.25, 0.3) is 0 Å². The third-order valence-corrected chi connectivity index (χ3v) is 5.00. The molecule has 19 heavy (non-hydrogen) atoms. The van der Waals surface area contributed by atoms with Crippen molar-refractivity contribution in [2.75, 3.05) is 6.61 Å². The van der Waals surface area contributed by atoms with Gasteiger partial charge in [0.05, 0.1) is 22.2 Å². The van der Waals surface area contributed by atoms with Gasteiger partial charge < -0.3 is 4.74 Å². The zero-order valence-electron chi connectivity index (χ0n) is 12.6. The third kappa shape index (κ3) is 4.07. The zero-order valence-corrected chi connectivity index (χ0v) is 14.6. The first-order valence-electron chi connectivity index (χ1n) is 7.66. The molecule has 0 N–H and O–H groups in total. The van der Waals surface area contributed by atoms with E-state index in [2.05, 4.69) is 24.9 Å². The zero-order chi connectivity index (χ0) is 13.7. The molecule has 1 aromatic rings. The summed E-state index contributed by atoms with van der Waals surface area (Å²) in [5.74, 6) is 1.77. The van der Waals surface area contributed by atoms with Crippen LogP contribution in [0, 0.1) is 11.3 Å². The van der Waals surface area contributed by atoms with Crippen molar-refractivity contribution in [2.24, 2.45) is 11.3 Å². The van der Waals surface area contributed by atoms with E-state index >= 15 is 0 Å². The molecule has 3 heteroatoms. The molecule has 1 aromatic heterocycles. The number of ether oxygens (including phenoxy) is 1. The van der Waals surface area contributed by atoms with Crippen molar-refractivity contribution in [1.29, 1.82) is 0 Å². The van der Waals surface area contributed by atoms with Gasteiger partial charge in [0, 0.05) is 11.6 Å². The highest BCUT2D eigenvalue weighted by atomic mass is 28.1. The van der Waals surface area contributed by atoms with E-state index in [1.807, 2.05) is 12.3 Å². The Bertz CT molecular complexity index is 399. The first-order chi connectivity index (χ1) is 9.11. The van der Waals surface area contributed by atoms with Crippen molar-refractivity contribution in [1.82, 2.24) is 4.98 Å². The van der Waals surface area contributed by atoms with E-state index in [1.165, 1.54) is 38.5 Å². The van der Waals surface area contributed by atoms with Gasteiger partial charge in [-0.3, -0.25) is 4.98 Å². The summed E-state index contributed by atoms with van der Waals surface area (Å²) >= 11 is 0. The molecule has 0 atom stereocenters. The molecule has 0 aromatic carbocycles. The maximum absolute atomic E-state index is 6.15. The molecule has 1 aliphatic carbocycles. The fraction of sp³-hybridized carbons (Fsp3) is 0.688. The van der Waals surface area contributed by atoms with Gasteiger partial charge in [-0.15, -0.1) is 0 Å². The Morgan fingerprint density at radius 3 is 2.68 bits per heavy atom. The average Bonchev–Trinajstić information content (AvgIpc) is 2.38. The molecule has 1 aliphatic rings. The summed E-state index contributed by atoms with van der Waals surface area (Å²) in [7, 11) is 0.957. The van der Waals surface area contributed by atoms with Gasteiger partial charge in [-0.2, -0.15) is 0 Å². The fourth-order valence-corrected chi connectivity index (χ4v) is 3.89. The van der Waals surface area contributed by atoms with Crippen LogP contribution in [0.5, 0.6) is 5.75 Å². The van der Waals surface area contributed by atoms with E-state index in [0.29, 0.717) is 5.41 Å². The molecule has 1 heterocycles. The van der Waals surface area contributed by atoms with Crippen molar-refractivity contribution in [3.63, 3.8) is 0 Å². The minimum Gasteiger partial charge on any atom is -0.492 e. The van der Waals surface area contributed by atoms with Crippen LogP contribution in [0.15, 0.2) is 18.3 Å². The van der Waals surface area contributed by atoms with Crippen LogP contribution in [0.4, 0.5) is 0 Å². The molecule has 0 bridgehead atoms. The van der Waals surface area contributed by atoms with Gasteiger partial charge in [0.2, 0.25) is 0 Å². The maximum Gasteiger partial charge on any atom is 0.135 e. The summed E-state index contributed by atoms with van der Waals surface area (Å²) in [4.78, 5) is 4.36. The molecule has 0 spiro atoms. The highest BCUT2D eigenvalue weighted by Gasteiger charge is 2.33. The summed E-state index contributed by atoms with van der Waals surface area (Å²) in [6.07, 6.45) is 9.97. The average molecular weight is 277 g/mol. The van der Waals surface area contributed by atoms with Gasteiger partial charge in [0.15, 0.2) is 0 Å². The molecular formula is C16H27NOSi. The van der Waals surface area contributed by atoms with Crippen molar-refractivity contribution < 1.29 is 4.74 Å². The monoisotopic (exact) mass is 277 g/mol. The van der Waals surface area contributed by atoms with Crippen molar-refractivity contribution in [3.05, 3.63) is 18.3 Å². The predicted molar refractivity (Wildman–Crippen MR) is 84.3 cm³/mol. The summed E-state index contributed by atoms with van der Waals surface area (Å²) in [6, 6.07) is 4.05. The molecule has 0 saturated heterocycles. The van der Waals surface area contributed by atoms with E-state index in [1.54, 1.807) is 0 Å². The second-order valence-electron chi connectivity index (χ2n) is 6.53. The van der Waals surface area contributed by atoms with Gasteiger partial charge in [-0.1, -0.05) is 33.1 Å². The third-order valence-electron chi connectivity index (χ3n) is 4.25. The lowest BCUT2D eigenvalue weighted by Gasteiger charge is -2.38. The lowest BCUT2D eigenvalue weighted by Crippen LogP contribution is -2.33. The summed E-state index contributed by atoms with van der Waals surface area (Å²) in [6.45, 7) is 5.54. The van der Waals surface area contributed by atoms with Crippen LogP contribution in [0.3, 0.4) is 0 Å². The van der Waals surface area contributed by atoms with E-state index in [4.69, 9.17) is 4.74 Å². The Balaban J connectivity index is 2.02. The largest absolute Gasteiger partial charge is 0.492 e. The van der Waals surface area contributed by atoms with Gasteiger partial charge in [0.1, 0.15) is 5.75 Å². The predicted octanol–water partition coefficient (Wildman–Crippen LogP) is 2.45. The number of aromatic nitrogens is 1. The normalized spacial score (nSPS) is 18.7. The van der Waals surface area contributed by atoms with Crippen LogP contribution < -0.4 is 10.1 Å². The van der Waals surface area contributed by atoms with Gasteiger partial charge in [-0.25, -0.2) is 0 Å². The number of pyridine rings is 1. The van der Waals surface area contributed by atoms with Gasteiger partial charge in [-0.05, 0) is 37.3 Å². The first kappa shape index (κ1) is 14.6. The van der Waals surface area contributed by atoms with E-state index < -0.39 is 0 Å². The molecule has 2 nitrogen and oxygen atoms in total.